The van der Waals surface area contributed by atoms with Crippen LogP contribution in [0.25, 0.3) is 0 Å². The maximum absolute atomic E-state index is 5.54. The van der Waals surface area contributed by atoms with Gasteiger partial charge in [-0.15, -0.1) is 0 Å². The Labute approximate surface area is 106 Å². The zero-order chi connectivity index (χ0) is 12.5. The molecule has 0 aromatic heterocycles. The highest BCUT2D eigenvalue weighted by molar-refractivity contribution is 5.05. The lowest BCUT2D eigenvalue weighted by molar-refractivity contribution is -0.133. The number of hydrogen-bond donors (Lipinski definition) is 1. The molecule has 1 N–H and O–H groups in total. The number of nitrogens with zero attached hydrogens (tertiary/aromatic N) is 1. The van der Waals surface area contributed by atoms with Crippen molar-refractivity contribution in [3.63, 3.8) is 0 Å². The minimum absolute atomic E-state index is 0.328. The summed E-state index contributed by atoms with van der Waals surface area (Å²) in [7, 11) is 1.85. The monoisotopic (exact) mass is 240 g/mol. The fraction of sp³-hybridized carbons (Fsp3) is 1.00. The maximum Gasteiger partial charge on any atom is 0.0652 e. The van der Waals surface area contributed by atoms with Gasteiger partial charge >= 0.3 is 0 Å². The summed E-state index contributed by atoms with van der Waals surface area (Å²) < 4.78 is 5.54. The third kappa shape index (κ3) is 2.51. The minimum Gasteiger partial charge on any atom is -0.381 e. The van der Waals surface area contributed by atoms with Crippen LogP contribution in [0.5, 0.6) is 0 Å². The van der Waals surface area contributed by atoms with Gasteiger partial charge in [0.15, 0.2) is 0 Å². The van der Waals surface area contributed by atoms with Gasteiger partial charge in [-0.1, -0.05) is 20.8 Å². The summed E-state index contributed by atoms with van der Waals surface area (Å²) in [5.74, 6) is 0. The van der Waals surface area contributed by atoms with Gasteiger partial charge in [0, 0.05) is 37.7 Å². The summed E-state index contributed by atoms with van der Waals surface area (Å²) >= 11 is 0. The molecule has 2 aliphatic rings. The molecule has 3 atom stereocenters. The number of hydrogen-bond acceptors (Lipinski definition) is 3. The van der Waals surface area contributed by atoms with E-state index in [1.165, 1.54) is 32.4 Å². The lowest BCUT2D eigenvalue weighted by Crippen LogP contribution is -2.61. The van der Waals surface area contributed by atoms with Gasteiger partial charge in [0.1, 0.15) is 0 Å². The number of likely N-dealkylation sites (tertiary alicyclic amines) is 1. The van der Waals surface area contributed by atoms with Crippen molar-refractivity contribution >= 4 is 0 Å². The van der Waals surface area contributed by atoms with Gasteiger partial charge in [-0.05, 0) is 25.8 Å². The molecule has 1 saturated heterocycles. The Morgan fingerprint density at radius 3 is 2.76 bits per heavy atom. The number of ether oxygens (including phenoxy) is 1. The van der Waals surface area contributed by atoms with E-state index in [1.54, 1.807) is 0 Å². The first-order valence-corrected chi connectivity index (χ1v) is 7.09. The van der Waals surface area contributed by atoms with Gasteiger partial charge in [-0.3, -0.25) is 4.90 Å². The van der Waals surface area contributed by atoms with Crippen molar-refractivity contribution in [2.75, 3.05) is 26.7 Å². The van der Waals surface area contributed by atoms with Gasteiger partial charge in [0.2, 0.25) is 0 Å². The van der Waals surface area contributed by atoms with E-state index in [0.717, 1.165) is 12.6 Å². The highest BCUT2D eigenvalue weighted by atomic mass is 16.5. The van der Waals surface area contributed by atoms with Gasteiger partial charge in [-0.25, -0.2) is 0 Å². The van der Waals surface area contributed by atoms with Crippen molar-refractivity contribution in [2.45, 2.75) is 58.2 Å². The molecule has 3 heteroatoms. The van der Waals surface area contributed by atoms with E-state index in [4.69, 9.17) is 4.74 Å². The number of rotatable bonds is 5. The molecule has 1 heterocycles. The van der Waals surface area contributed by atoms with Crippen molar-refractivity contribution < 1.29 is 4.74 Å². The largest absolute Gasteiger partial charge is 0.381 e. The fourth-order valence-corrected chi connectivity index (χ4v) is 3.47. The molecule has 2 fully saturated rings. The summed E-state index contributed by atoms with van der Waals surface area (Å²) in [5.41, 5.74) is 0.328. The Bertz CT molecular complexity index is 255. The Kier molecular flexibility index (Phi) is 4.11. The summed E-state index contributed by atoms with van der Waals surface area (Å²) in [6.45, 7) is 10.6. The van der Waals surface area contributed by atoms with Crippen LogP contribution in [0.2, 0.25) is 0 Å². The standard InChI is InChI=1S/C14H28N2O/c1-5-7-15-11-6-8-16(10-11)12-9-13(17-4)14(12,2)3/h11-13,15H,5-10H2,1-4H3. The van der Waals surface area contributed by atoms with Crippen LogP contribution in [0.15, 0.2) is 0 Å². The van der Waals surface area contributed by atoms with E-state index in [0.29, 0.717) is 17.6 Å². The molecular formula is C14H28N2O. The van der Waals surface area contributed by atoms with Crippen LogP contribution in [0.4, 0.5) is 0 Å². The molecule has 100 valence electrons. The first-order valence-electron chi connectivity index (χ1n) is 7.09. The SMILES string of the molecule is CCCNC1CCN(C2CC(OC)C2(C)C)C1. The fourth-order valence-electron chi connectivity index (χ4n) is 3.47. The zero-order valence-corrected chi connectivity index (χ0v) is 11.8. The summed E-state index contributed by atoms with van der Waals surface area (Å²) in [5, 5.41) is 3.64. The van der Waals surface area contributed by atoms with Crippen LogP contribution in [0.1, 0.15) is 40.0 Å². The number of methoxy groups -OCH3 is 1. The number of nitrogens with one attached hydrogen (secondary N) is 1. The maximum atomic E-state index is 5.54. The quantitative estimate of drug-likeness (QED) is 0.794. The predicted molar refractivity (Wildman–Crippen MR) is 71.3 cm³/mol. The molecule has 2 rings (SSSR count). The van der Waals surface area contributed by atoms with E-state index < -0.39 is 0 Å². The first-order chi connectivity index (χ1) is 8.09. The van der Waals surface area contributed by atoms with Crippen LogP contribution in [-0.2, 0) is 4.74 Å². The zero-order valence-electron chi connectivity index (χ0n) is 11.8. The van der Waals surface area contributed by atoms with Crippen LogP contribution in [0.3, 0.4) is 0 Å². The Hall–Kier alpha value is -0.120. The van der Waals surface area contributed by atoms with Crippen molar-refractivity contribution in [3.05, 3.63) is 0 Å². The van der Waals surface area contributed by atoms with E-state index in [9.17, 15) is 0 Å². The van der Waals surface area contributed by atoms with Crippen LogP contribution in [-0.4, -0.2) is 49.8 Å². The smallest absolute Gasteiger partial charge is 0.0652 e. The molecule has 1 saturated carbocycles. The Morgan fingerprint density at radius 2 is 2.18 bits per heavy atom. The minimum atomic E-state index is 0.328. The summed E-state index contributed by atoms with van der Waals surface area (Å²) in [4.78, 5) is 2.67. The second-order valence-electron chi connectivity index (χ2n) is 6.23. The van der Waals surface area contributed by atoms with Gasteiger partial charge in [0.25, 0.3) is 0 Å². The summed E-state index contributed by atoms with van der Waals surface area (Å²) in [6.07, 6.45) is 4.21. The Balaban J connectivity index is 1.82. The van der Waals surface area contributed by atoms with E-state index in [-0.39, 0.29) is 0 Å². The second kappa shape index (κ2) is 5.25. The van der Waals surface area contributed by atoms with Crippen LogP contribution in [0, 0.1) is 5.41 Å². The molecule has 1 aliphatic carbocycles. The van der Waals surface area contributed by atoms with E-state index >= 15 is 0 Å². The molecule has 0 aromatic carbocycles. The van der Waals surface area contributed by atoms with Crippen molar-refractivity contribution in [2.24, 2.45) is 5.41 Å². The molecular weight excluding hydrogens is 212 g/mol. The third-order valence-corrected chi connectivity index (χ3v) is 4.75. The highest BCUT2D eigenvalue weighted by Gasteiger charge is 2.52. The molecule has 0 spiro atoms. The van der Waals surface area contributed by atoms with Crippen molar-refractivity contribution in [3.8, 4) is 0 Å². The molecule has 17 heavy (non-hydrogen) atoms. The summed E-state index contributed by atoms with van der Waals surface area (Å²) in [6, 6.07) is 1.44. The second-order valence-corrected chi connectivity index (χ2v) is 6.23. The highest BCUT2D eigenvalue weighted by Crippen LogP contribution is 2.46. The molecule has 3 nitrogen and oxygen atoms in total. The lowest BCUT2D eigenvalue weighted by atomic mass is 9.64. The topological polar surface area (TPSA) is 24.5 Å². The third-order valence-electron chi connectivity index (χ3n) is 4.75. The average Bonchev–Trinajstić information content (AvgIpc) is 2.74. The average molecular weight is 240 g/mol. The van der Waals surface area contributed by atoms with Crippen molar-refractivity contribution in [1.29, 1.82) is 0 Å². The van der Waals surface area contributed by atoms with Gasteiger partial charge < -0.3 is 10.1 Å². The molecule has 0 aromatic rings. The normalized spacial score (nSPS) is 37.1. The molecule has 0 bridgehead atoms. The van der Waals surface area contributed by atoms with E-state index in [1.807, 2.05) is 7.11 Å². The Morgan fingerprint density at radius 1 is 1.41 bits per heavy atom. The van der Waals surface area contributed by atoms with Crippen molar-refractivity contribution in [1.82, 2.24) is 10.2 Å². The molecule has 0 amide bonds. The van der Waals surface area contributed by atoms with Crippen LogP contribution >= 0.6 is 0 Å². The van der Waals surface area contributed by atoms with E-state index in [2.05, 4.69) is 31.0 Å². The molecule has 3 unspecified atom stereocenters. The first kappa shape index (κ1) is 13.3. The van der Waals surface area contributed by atoms with Crippen LogP contribution < -0.4 is 5.32 Å². The lowest BCUT2D eigenvalue weighted by Gasteiger charge is -2.54. The van der Waals surface area contributed by atoms with Gasteiger partial charge in [0.05, 0.1) is 6.10 Å². The molecule has 1 aliphatic heterocycles. The molecule has 0 radical (unpaired) electrons. The predicted octanol–water partition coefficient (Wildman–Crippen LogP) is 1.87. The van der Waals surface area contributed by atoms with Gasteiger partial charge in [-0.2, -0.15) is 0 Å².